The van der Waals surface area contributed by atoms with E-state index in [1.165, 1.54) is 59.4 Å². The molecule has 0 aliphatic heterocycles. The third-order valence-electron chi connectivity index (χ3n) is 11.8. The van der Waals surface area contributed by atoms with Crippen molar-refractivity contribution in [1.82, 2.24) is 19.1 Å². The zero-order valence-corrected chi connectivity index (χ0v) is 31.4. The molecule has 0 aliphatic carbocycles. The minimum atomic E-state index is 0.669. The van der Waals surface area contributed by atoms with Crippen molar-refractivity contribution in [2.75, 3.05) is 0 Å². The monoisotopic (exact) mass is 738 g/mol. The van der Waals surface area contributed by atoms with Gasteiger partial charge < -0.3 is 9.13 Å². The van der Waals surface area contributed by atoms with Crippen LogP contribution in [0.25, 0.3) is 110 Å². The molecule has 0 bridgehead atoms. The molecule has 0 atom stereocenters. The van der Waals surface area contributed by atoms with E-state index in [1.54, 1.807) is 0 Å². The zero-order chi connectivity index (χ0) is 38.2. The average molecular weight is 739 g/mol. The van der Waals surface area contributed by atoms with Crippen molar-refractivity contribution < 1.29 is 0 Å². The Bertz CT molecular complexity index is 3520. The molecular formula is C54H34N4. The van der Waals surface area contributed by atoms with Crippen molar-refractivity contribution in [3.63, 3.8) is 0 Å². The average Bonchev–Trinajstić information content (AvgIpc) is 3.89. The molecule has 0 amide bonds. The van der Waals surface area contributed by atoms with Gasteiger partial charge in [-0.2, -0.15) is 0 Å². The van der Waals surface area contributed by atoms with Crippen LogP contribution >= 0.6 is 0 Å². The van der Waals surface area contributed by atoms with E-state index in [1.807, 2.05) is 12.4 Å². The lowest BCUT2D eigenvalue weighted by Gasteiger charge is -2.15. The van der Waals surface area contributed by atoms with Crippen LogP contribution in [0.2, 0.25) is 0 Å². The Morgan fingerprint density at radius 3 is 1.62 bits per heavy atom. The van der Waals surface area contributed by atoms with Crippen LogP contribution in [0.5, 0.6) is 0 Å². The number of para-hydroxylation sites is 2. The minimum Gasteiger partial charge on any atom is -0.309 e. The van der Waals surface area contributed by atoms with Crippen molar-refractivity contribution in [3.8, 4) is 45.3 Å². The predicted octanol–water partition coefficient (Wildman–Crippen LogP) is 14.0. The van der Waals surface area contributed by atoms with E-state index in [9.17, 15) is 0 Å². The first-order chi connectivity index (χ1) is 28.8. The molecule has 0 spiro atoms. The van der Waals surface area contributed by atoms with Crippen molar-refractivity contribution in [2.24, 2.45) is 0 Å². The van der Waals surface area contributed by atoms with Gasteiger partial charge in [-0.3, -0.25) is 0 Å². The summed E-state index contributed by atoms with van der Waals surface area (Å²) in [6, 6.07) is 69.8. The Morgan fingerprint density at radius 2 is 0.862 bits per heavy atom. The van der Waals surface area contributed by atoms with Crippen LogP contribution in [0.4, 0.5) is 0 Å². The number of nitrogens with zero attached hydrogens (tertiary/aromatic N) is 4. The fourth-order valence-corrected chi connectivity index (χ4v) is 9.11. The molecular weight excluding hydrogens is 705 g/mol. The van der Waals surface area contributed by atoms with Gasteiger partial charge in [-0.1, -0.05) is 140 Å². The topological polar surface area (TPSA) is 35.6 Å². The molecule has 0 aliphatic rings. The van der Waals surface area contributed by atoms with Crippen LogP contribution in [-0.2, 0) is 0 Å². The second-order valence-corrected chi connectivity index (χ2v) is 15.0. The Balaban J connectivity index is 0.977. The molecule has 0 saturated heterocycles. The van der Waals surface area contributed by atoms with Gasteiger partial charge in [-0.25, -0.2) is 9.97 Å². The maximum Gasteiger partial charge on any atom is 0.176 e. The van der Waals surface area contributed by atoms with E-state index >= 15 is 0 Å². The van der Waals surface area contributed by atoms with Gasteiger partial charge in [0.05, 0.1) is 22.4 Å². The highest BCUT2D eigenvalue weighted by Gasteiger charge is 2.19. The van der Waals surface area contributed by atoms with E-state index in [-0.39, 0.29) is 0 Å². The van der Waals surface area contributed by atoms with Crippen LogP contribution in [0, 0.1) is 0 Å². The maximum absolute atomic E-state index is 5.04. The molecule has 4 heteroatoms. The second-order valence-electron chi connectivity index (χ2n) is 15.0. The van der Waals surface area contributed by atoms with Gasteiger partial charge in [0.1, 0.15) is 0 Å². The first-order valence-electron chi connectivity index (χ1n) is 19.7. The Hall–Kier alpha value is -7.82. The van der Waals surface area contributed by atoms with Crippen molar-refractivity contribution in [1.29, 1.82) is 0 Å². The van der Waals surface area contributed by atoms with Crippen LogP contribution < -0.4 is 0 Å². The van der Waals surface area contributed by atoms with Crippen LogP contribution in [0.3, 0.4) is 0 Å². The lowest BCUT2D eigenvalue weighted by molar-refractivity contribution is 1.05. The third kappa shape index (κ3) is 5.02. The molecule has 0 radical (unpaired) electrons. The summed E-state index contributed by atoms with van der Waals surface area (Å²) in [6.07, 6.45) is 3.92. The molecule has 3 heterocycles. The van der Waals surface area contributed by atoms with Gasteiger partial charge in [-0.05, 0) is 109 Å². The number of hydrogen-bond acceptors (Lipinski definition) is 2. The molecule has 58 heavy (non-hydrogen) atoms. The number of hydrogen-bond donors (Lipinski definition) is 0. The highest BCUT2D eigenvalue weighted by atomic mass is 15.0. The summed E-state index contributed by atoms with van der Waals surface area (Å²) < 4.78 is 4.66. The first-order valence-corrected chi connectivity index (χ1v) is 19.7. The lowest BCUT2D eigenvalue weighted by Crippen LogP contribution is -2.01. The summed E-state index contributed by atoms with van der Waals surface area (Å²) in [4.78, 5) is 10.1. The molecule has 4 nitrogen and oxygen atoms in total. The fourth-order valence-electron chi connectivity index (χ4n) is 9.11. The quantitative estimate of drug-likeness (QED) is 0.165. The predicted molar refractivity (Wildman–Crippen MR) is 242 cm³/mol. The van der Waals surface area contributed by atoms with E-state index < -0.39 is 0 Å². The third-order valence-corrected chi connectivity index (χ3v) is 11.8. The Labute approximate surface area is 334 Å². The van der Waals surface area contributed by atoms with Crippen molar-refractivity contribution >= 4 is 64.9 Å². The molecule has 0 fully saturated rings. The number of rotatable bonds is 5. The number of aromatic nitrogens is 4. The van der Waals surface area contributed by atoms with Gasteiger partial charge in [0.15, 0.2) is 5.82 Å². The summed E-state index contributed by atoms with van der Waals surface area (Å²) in [6.45, 7) is 0. The highest BCUT2D eigenvalue weighted by molar-refractivity contribution is 6.25. The SMILES string of the molecule is c1ccc(-n2c(-c3ccc4c5ccccc5c5ccccc5c4c3)ccc2-c2ncc(-c3ccc4c5ccccc5n(-c5ccc6ccccc6c5)c4c3)cn2)cc1. The van der Waals surface area contributed by atoms with E-state index in [0.29, 0.717) is 5.82 Å². The van der Waals surface area contributed by atoms with Gasteiger partial charge in [0, 0.05) is 40.1 Å². The molecule has 270 valence electrons. The molecule has 3 aromatic heterocycles. The largest absolute Gasteiger partial charge is 0.309 e. The van der Waals surface area contributed by atoms with Gasteiger partial charge in [0.2, 0.25) is 0 Å². The van der Waals surface area contributed by atoms with Gasteiger partial charge in [0.25, 0.3) is 0 Å². The highest BCUT2D eigenvalue weighted by Crippen LogP contribution is 2.40. The summed E-state index contributed by atoms with van der Waals surface area (Å²) in [5.74, 6) is 0.669. The number of benzene rings is 9. The fraction of sp³-hybridized carbons (Fsp3) is 0. The summed E-state index contributed by atoms with van der Waals surface area (Å²) in [7, 11) is 0. The summed E-state index contributed by atoms with van der Waals surface area (Å²) >= 11 is 0. The number of fused-ring (bicyclic) bond motifs is 10. The lowest BCUT2D eigenvalue weighted by atomic mass is 9.93. The Kier molecular flexibility index (Phi) is 7.20. The van der Waals surface area contributed by atoms with Gasteiger partial charge in [-0.15, -0.1) is 0 Å². The van der Waals surface area contributed by atoms with Gasteiger partial charge >= 0.3 is 0 Å². The van der Waals surface area contributed by atoms with Crippen LogP contribution in [0.15, 0.2) is 207 Å². The molecule has 0 unspecified atom stereocenters. The van der Waals surface area contributed by atoms with E-state index in [2.05, 4.69) is 203 Å². The zero-order valence-electron chi connectivity index (χ0n) is 31.4. The first kappa shape index (κ1) is 32.4. The summed E-state index contributed by atoms with van der Waals surface area (Å²) in [5, 5.41) is 12.5. The summed E-state index contributed by atoms with van der Waals surface area (Å²) in [5.41, 5.74) is 9.71. The molecule has 0 saturated carbocycles. The van der Waals surface area contributed by atoms with Crippen molar-refractivity contribution in [3.05, 3.63) is 207 Å². The molecule has 0 N–H and O–H groups in total. The van der Waals surface area contributed by atoms with E-state index in [0.717, 1.165) is 45.0 Å². The molecule has 12 rings (SSSR count). The van der Waals surface area contributed by atoms with Crippen LogP contribution in [-0.4, -0.2) is 19.1 Å². The minimum absolute atomic E-state index is 0.669. The molecule has 12 aromatic rings. The maximum atomic E-state index is 5.04. The normalized spacial score (nSPS) is 11.8. The van der Waals surface area contributed by atoms with E-state index in [4.69, 9.17) is 9.97 Å². The smallest absolute Gasteiger partial charge is 0.176 e. The standard InChI is InChI=1S/C54H34N4/c1-2-14-40(15-3-1)57-50(38-24-26-46-44-18-7-6-16-42(44)43-17-8-9-19-45(43)49(46)31-38)28-29-52(57)54-55-33-39(34-56-54)37-23-27-48-47-20-10-11-21-51(47)58(53(48)32-37)41-25-22-35-12-4-5-13-36(35)30-41/h1-34H. The molecule has 9 aromatic carbocycles. The van der Waals surface area contributed by atoms with Crippen molar-refractivity contribution in [2.45, 2.75) is 0 Å². The second kappa shape index (κ2) is 12.9. The Morgan fingerprint density at radius 1 is 0.293 bits per heavy atom. The van der Waals surface area contributed by atoms with Crippen LogP contribution in [0.1, 0.15) is 0 Å².